The number of carbonyl (C=O) groups excluding carboxylic acids is 3. The van der Waals surface area contributed by atoms with Gasteiger partial charge in [0.25, 0.3) is 5.78 Å². The molecule has 3 heterocycles. The first kappa shape index (κ1) is 27.6. The molecule has 2 aromatic carbocycles. The molecule has 5 rings (SSSR count). The summed E-state index contributed by atoms with van der Waals surface area (Å²) in [6, 6.07) is 11.5. The van der Waals surface area contributed by atoms with Gasteiger partial charge < -0.3 is 14.6 Å². The largest absolute Gasteiger partial charge is 0.507 e. The molecule has 0 bridgehead atoms. The molecule has 8 nitrogen and oxygen atoms in total. The molecular formula is C31H32N2O6S. The highest BCUT2D eigenvalue weighted by Gasteiger charge is 2.48. The lowest BCUT2D eigenvalue weighted by molar-refractivity contribution is -0.132. The van der Waals surface area contributed by atoms with E-state index in [4.69, 9.17) is 9.47 Å². The first-order valence-electron chi connectivity index (χ1n) is 13.4. The van der Waals surface area contributed by atoms with Crippen LogP contribution in [-0.2, 0) is 16.0 Å². The highest BCUT2D eigenvalue weighted by Crippen LogP contribution is 2.45. The van der Waals surface area contributed by atoms with E-state index in [9.17, 15) is 19.5 Å². The van der Waals surface area contributed by atoms with Crippen LogP contribution in [0.25, 0.3) is 5.76 Å². The van der Waals surface area contributed by atoms with Crippen LogP contribution in [0.15, 0.2) is 48.0 Å². The van der Waals surface area contributed by atoms with Crippen molar-refractivity contribution >= 4 is 39.7 Å². The lowest BCUT2D eigenvalue weighted by atomic mass is 9.94. The molecule has 1 fully saturated rings. The van der Waals surface area contributed by atoms with Crippen LogP contribution < -0.4 is 14.4 Å². The quantitative estimate of drug-likeness (QED) is 0.155. The monoisotopic (exact) mass is 560 g/mol. The average Bonchev–Trinajstić information content (AvgIpc) is 3.55. The predicted octanol–water partition coefficient (Wildman–Crippen LogP) is 6.03. The molecule has 208 valence electrons. The van der Waals surface area contributed by atoms with Crippen LogP contribution in [0.4, 0.5) is 5.13 Å². The van der Waals surface area contributed by atoms with E-state index in [1.165, 1.54) is 11.8 Å². The van der Waals surface area contributed by atoms with Crippen LogP contribution in [0.1, 0.15) is 72.2 Å². The first-order chi connectivity index (χ1) is 19.0. The third-order valence-electron chi connectivity index (χ3n) is 7.06. The van der Waals surface area contributed by atoms with Crippen LogP contribution in [0.2, 0.25) is 0 Å². The van der Waals surface area contributed by atoms with E-state index < -0.39 is 17.7 Å². The van der Waals surface area contributed by atoms with Gasteiger partial charge >= 0.3 is 5.91 Å². The van der Waals surface area contributed by atoms with Crippen molar-refractivity contribution in [3.63, 3.8) is 0 Å². The number of fused-ring (bicyclic) bond motifs is 1. The van der Waals surface area contributed by atoms with Crippen LogP contribution in [0, 0.1) is 12.8 Å². The maximum Gasteiger partial charge on any atom is 0.301 e. The number of rotatable bonds is 8. The van der Waals surface area contributed by atoms with Crippen molar-refractivity contribution in [3.05, 3.63) is 75.3 Å². The van der Waals surface area contributed by atoms with Crippen molar-refractivity contribution in [2.75, 3.05) is 11.5 Å². The van der Waals surface area contributed by atoms with Crippen LogP contribution in [-0.4, -0.2) is 40.3 Å². The molecule has 0 radical (unpaired) electrons. The van der Waals surface area contributed by atoms with Gasteiger partial charge in [0.05, 0.1) is 28.8 Å². The number of ketones is 2. The Morgan fingerprint density at radius 2 is 2.00 bits per heavy atom. The van der Waals surface area contributed by atoms with Crippen molar-refractivity contribution in [1.29, 1.82) is 0 Å². The second-order valence-electron chi connectivity index (χ2n) is 10.7. The van der Waals surface area contributed by atoms with Crippen LogP contribution in [0.3, 0.4) is 0 Å². The Kier molecular flexibility index (Phi) is 7.51. The summed E-state index contributed by atoms with van der Waals surface area (Å²) >= 11 is 1.06. The van der Waals surface area contributed by atoms with Gasteiger partial charge in [-0.1, -0.05) is 37.3 Å². The summed E-state index contributed by atoms with van der Waals surface area (Å²) in [4.78, 5) is 45.5. The fourth-order valence-corrected chi connectivity index (χ4v) is 6.06. The zero-order valence-corrected chi connectivity index (χ0v) is 24.0. The summed E-state index contributed by atoms with van der Waals surface area (Å²) in [5, 5.41) is 11.8. The number of aromatic nitrogens is 1. The molecule has 2 aliphatic heterocycles. The molecule has 0 unspecified atom stereocenters. The molecule has 1 saturated heterocycles. The molecule has 0 aliphatic carbocycles. The zero-order valence-electron chi connectivity index (χ0n) is 23.2. The fourth-order valence-electron chi connectivity index (χ4n) is 5.07. The maximum absolute atomic E-state index is 13.6. The van der Waals surface area contributed by atoms with Crippen molar-refractivity contribution in [1.82, 2.24) is 4.98 Å². The van der Waals surface area contributed by atoms with Gasteiger partial charge in [-0.25, -0.2) is 4.98 Å². The van der Waals surface area contributed by atoms with Crippen molar-refractivity contribution in [2.45, 2.75) is 59.6 Å². The molecule has 0 saturated carbocycles. The molecule has 2 aliphatic rings. The topological polar surface area (TPSA) is 106 Å². The zero-order chi connectivity index (χ0) is 28.7. The summed E-state index contributed by atoms with van der Waals surface area (Å²) in [6.07, 6.45) is 1.56. The Labute approximate surface area is 237 Å². The number of amides is 1. The highest BCUT2D eigenvalue weighted by atomic mass is 32.1. The number of thiazole rings is 1. The number of carbonyl (C=O) groups is 3. The molecule has 9 heteroatoms. The standard InChI is InChI=1S/C31H32N2O6S/c1-16(2)11-12-38-23-8-6-7-20(15-23)26-25(27(35)21-9-10-24-22(14-21)13-17(3)39-24)28(36)30(37)33(26)31-32-18(4)29(40-31)19(5)34/h6-10,14-17,26,35H,11-13H2,1-5H3/t17-,26-/m0/s1. The van der Waals surface area contributed by atoms with Gasteiger partial charge in [0.1, 0.15) is 23.4 Å². The lowest BCUT2D eigenvalue weighted by Gasteiger charge is -2.23. The number of anilines is 1. The number of hydrogen-bond acceptors (Lipinski definition) is 8. The van der Waals surface area contributed by atoms with Gasteiger partial charge in [0.15, 0.2) is 10.9 Å². The van der Waals surface area contributed by atoms with Crippen molar-refractivity contribution in [3.8, 4) is 11.5 Å². The van der Waals surface area contributed by atoms with E-state index in [-0.39, 0.29) is 28.4 Å². The van der Waals surface area contributed by atoms with Gasteiger partial charge in [-0.15, -0.1) is 0 Å². The van der Waals surface area contributed by atoms with Crippen LogP contribution >= 0.6 is 11.3 Å². The van der Waals surface area contributed by atoms with E-state index in [1.807, 2.05) is 13.0 Å². The number of aliphatic hydroxyl groups excluding tert-OH is 1. The number of aryl methyl sites for hydroxylation is 1. The molecule has 0 spiro atoms. The molecular weight excluding hydrogens is 528 g/mol. The number of hydrogen-bond donors (Lipinski definition) is 1. The minimum Gasteiger partial charge on any atom is -0.507 e. The Balaban J connectivity index is 1.64. The van der Waals surface area contributed by atoms with Gasteiger partial charge in [-0.05, 0) is 67.6 Å². The van der Waals surface area contributed by atoms with E-state index >= 15 is 0 Å². The van der Waals surface area contributed by atoms with Gasteiger partial charge in [-0.2, -0.15) is 0 Å². The van der Waals surface area contributed by atoms with E-state index in [0.29, 0.717) is 46.4 Å². The van der Waals surface area contributed by atoms with E-state index in [1.54, 1.807) is 43.3 Å². The highest BCUT2D eigenvalue weighted by molar-refractivity contribution is 7.18. The van der Waals surface area contributed by atoms with Crippen LogP contribution in [0.5, 0.6) is 11.5 Å². The van der Waals surface area contributed by atoms with E-state index in [0.717, 1.165) is 29.1 Å². The second kappa shape index (κ2) is 10.9. The predicted molar refractivity (Wildman–Crippen MR) is 153 cm³/mol. The number of Topliss-reactive ketones (excluding diaryl/α,β-unsaturated/α-hetero) is 2. The minimum atomic E-state index is -0.970. The third-order valence-corrected chi connectivity index (χ3v) is 8.32. The molecule has 3 aromatic rings. The molecule has 1 N–H and O–H groups in total. The molecule has 1 aromatic heterocycles. The lowest BCUT2D eigenvalue weighted by Crippen LogP contribution is -2.29. The smallest absolute Gasteiger partial charge is 0.301 e. The van der Waals surface area contributed by atoms with Gasteiger partial charge in [0.2, 0.25) is 0 Å². The fraction of sp³-hybridized carbons (Fsp3) is 0.355. The molecule has 2 atom stereocenters. The SMILES string of the molecule is CC(=O)c1sc(N2C(=O)C(=O)C(=C(O)c3ccc4c(c3)C[C@H](C)O4)[C@@H]2c2cccc(OCCC(C)C)c2)nc1C. The number of aliphatic hydroxyl groups is 1. The van der Waals surface area contributed by atoms with Gasteiger partial charge in [-0.3, -0.25) is 19.3 Å². The summed E-state index contributed by atoms with van der Waals surface area (Å²) in [6.45, 7) is 9.84. The second-order valence-corrected chi connectivity index (χ2v) is 11.7. The first-order valence-corrected chi connectivity index (χ1v) is 14.2. The minimum absolute atomic E-state index is 0.0139. The summed E-state index contributed by atoms with van der Waals surface area (Å²) < 4.78 is 11.8. The Morgan fingerprint density at radius 3 is 2.70 bits per heavy atom. The number of benzene rings is 2. The van der Waals surface area contributed by atoms with Gasteiger partial charge in [0, 0.05) is 18.9 Å². The normalized spacial score (nSPS) is 19.7. The van der Waals surface area contributed by atoms with Crippen molar-refractivity contribution < 1.29 is 29.0 Å². The van der Waals surface area contributed by atoms with E-state index in [2.05, 4.69) is 18.8 Å². The van der Waals surface area contributed by atoms with Crippen molar-refractivity contribution in [2.24, 2.45) is 5.92 Å². The Hall–Kier alpha value is -3.98. The number of nitrogens with zero attached hydrogens (tertiary/aromatic N) is 2. The maximum atomic E-state index is 13.6. The summed E-state index contributed by atoms with van der Waals surface area (Å²) in [7, 11) is 0. The average molecular weight is 561 g/mol. The summed E-state index contributed by atoms with van der Waals surface area (Å²) in [5.41, 5.74) is 2.35. The number of ether oxygens (including phenoxy) is 2. The Bertz CT molecular complexity index is 1540. The molecule has 40 heavy (non-hydrogen) atoms. The molecule has 1 amide bonds. The third kappa shape index (κ3) is 5.13. The Morgan fingerprint density at radius 1 is 1.23 bits per heavy atom. The summed E-state index contributed by atoms with van der Waals surface area (Å²) in [5.74, 6) is -0.298.